The molecule has 128 valence electrons. The lowest BCUT2D eigenvalue weighted by atomic mass is 9.93. The molecule has 6 nitrogen and oxygen atoms in total. The number of esters is 1. The van der Waals surface area contributed by atoms with Crippen LogP contribution in [-0.2, 0) is 22.4 Å². The molecule has 0 bridgehead atoms. The van der Waals surface area contributed by atoms with Gasteiger partial charge in [0.2, 0.25) is 0 Å². The summed E-state index contributed by atoms with van der Waals surface area (Å²) in [7, 11) is 0. The summed E-state index contributed by atoms with van der Waals surface area (Å²) >= 11 is 0. The first-order chi connectivity index (χ1) is 11.4. The van der Waals surface area contributed by atoms with E-state index in [9.17, 15) is 15.0 Å². The normalized spacial score (nSPS) is 13.2. The Hall–Kier alpha value is -2.57. The summed E-state index contributed by atoms with van der Waals surface area (Å²) in [5, 5.41) is 18.9. The second-order valence-corrected chi connectivity index (χ2v) is 5.85. The highest BCUT2D eigenvalue weighted by molar-refractivity contribution is 5.80. The second-order valence-electron chi connectivity index (χ2n) is 5.85. The van der Waals surface area contributed by atoms with E-state index in [2.05, 4.69) is 5.43 Å². The fourth-order valence-corrected chi connectivity index (χ4v) is 2.33. The van der Waals surface area contributed by atoms with Gasteiger partial charge in [-0.15, -0.1) is 0 Å². The Morgan fingerprint density at radius 1 is 1.12 bits per heavy atom. The highest BCUT2D eigenvalue weighted by atomic mass is 16.5. The number of nitrogens with two attached hydrogens (primary N) is 1. The van der Waals surface area contributed by atoms with E-state index in [0.717, 1.165) is 5.56 Å². The van der Waals surface area contributed by atoms with Crippen molar-refractivity contribution >= 4 is 5.97 Å². The van der Waals surface area contributed by atoms with Gasteiger partial charge >= 0.3 is 5.97 Å². The molecule has 0 fully saturated rings. The Bertz CT molecular complexity index is 691. The van der Waals surface area contributed by atoms with Crippen LogP contribution in [0.3, 0.4) is 0 Å². The zero-order valence-corrected chi connectivity index (χ0v) is 13.5. The van der Waals surface area contributed by atoms with Crippen LogP contribution in [0.15, 0.2) is 48.5 Å². The van der Waals surface area contributed by atoms with E-state index in [0.29, 0.717) is 12.0 Å². The van der Waals surface area contributed by atoms with E-state index >= 15 is 0 Å². The number of phenols is 2. The minimum Gasteiger partial charge on any atom is -0.504 e. The number of aromatic hydroxyl groups is 2. The molecule has 0 aliphatic carbocycles. The van der Waals surface area contributed by atoms with Crippen molar-refractivity contribution in [2.75, 3.05) is 6.61 Å². The van der Waals surface area contributed by atoms with E-state index in [-0.39, 0.29) is 24.5 Å². The maximum Gasteiger partial charge on any atom is 0.327 e. The van der Waals surface area contributed by atoms with Crippen molar-refractivity contribution < 1.29 is 19.7 Å². The molecule has 0 unspecified atom stereocenters. The van der Waals surface area contributed by atoms with Gasteiger partial charge in [0.05, 0.1) is 6.61 Å². The largest absolute Gasteiger partial charge is 0.504 e. The number of carbonyl (C=O) groups is 1. The lowest BCUT2D eigenvalue weighted by molar-refractivity contribution is -0.151. The summed E-state index contributed by atoms with van der Waals surface area (Å²) in [5.74, 6) is 4.60. The molecule has 2 aromatic carbocycles. The fraction of sp³-hybridized carbons (Fsp3) is 0.278. The van der Waals surface area contributed by atoms with Crippen molar-refractivity contribution in [3.63, 3.8) is 0 Å². The van der Waals surface area contributed by atoms with E-state index in [1.54, 1.807) is 13.0 Å². The van der Waals surface area contributed by atoms with Gasteiger partial charge in [-0.05, 0) is 30.2 Å². The number of hydrogen-bond acceptors (Lipinski definition) is 6. The number of hydrazine groups is 1. The van der Waals surface area contributed by atoms with Crippen molar-refractivity contribution in [1.82, 2.24) is 5.43 Å². The summed E-state index contributed by atoms with van der Waals surface area (Å²) in [6.07, 6.45) is 0.828. The Balaban J connectivity index is 1.96. The molecule has 2 aromatic rings. The van der Waals surface area contributed by atoms with Gasteiger partial charge in [0, 0.05) is 12.8 Å². The Morgan fingerprint density at radius 2 is 1.83 bits per heavy atom. The van der Waals surface area contributed by atoms with Crippen LogP contribution in [-0.4, -0.2) is 28.3 Å². The molecule has 2 rings (SSSR count). The molecule has 0 radical (unpaired) electrons. The average Bonchev–Trinajstić information content (AvgIpc) is 2.59. The monoisotopic (exact) mass is 330 g/mol. The van der Waals surface area contributed by atoms with Crippen LogP contribution in [0.2, 0.25) is 0 Å². The SMILES string of the molecule is C[C@@](Cc1ccc(O)c(O)c1)(NN)C(=O)OCCc1ccccc1. The number of nitrogens with one attached hydrogen (secondary N) is 1. The highest BCUT2D eigenvalue weighted by Gasteiger charge is 2.34. The molecule has 0 heterocycles. The Kier molecular flexibility index (Phi) is 5.78. The molecule has 0 spiro atoms. The van der Waals surface area contributed by atoms with Crippen LogP contribution < -0.4 is 11.3 Å². The van der Waals surface area contributed by atoms with Crippen LogP contribution in [0.5, 0.6) is 11.5 Å². The molecule has 0 aliphatic rings. The van der Waals surface area contributed by atoms with Crippen LogP contribution in [0, 0.1) is 0 Å². The Morgan fingerprint density at radius 3 is 2.46 bits per heavy atom. The topological polar surface area (TPSA) is 105 Å². The molecule has 5 N–H and O–H groups in total. The quantitative estimate of drug-likeness (QED) is 0.266. The lowest BCUT2D eigenvalue weighted by Gasteiger charge is -2.26. The van der Waals surface area contributed by atoms with Gasteiger partial charge < -0.3 is 14.9 Å². The molecule has 0 amide bonds. The Labute approximate surface area is 140 Å². The van der Waals surface area contributed by atoms with Gasteiger partial charge in [-0.3, -0.25) is 5.84 Å². The molecular weight excluding hydrogens is 308 g/mol. The van der Waals surface area contributed by atoms with E-state index in [4.69, 9.17) is 10.6 Å². The van der Waals surface area contributed by atoms with Crippen molar-refractivity contribution in [2.24, 2.45) is 5.84 Å². The summed E-state index contributed by atoms with van der Waals surface area (Å²) in [4.78, 5) is 12.4. The van der Waals surface area contributed by atoms with Crippen LogP contribution in [0.25, 0.3) is 0 Å². The fourth-order valence-electron chi connectivity index (χ4n) is 2.33. The summed E-state index contributed by atoms with van der Waals surface area (Å²) in [5.41, 5.74) is 3.08. The number of ether oxygens (including phenoxy) is 1. The molecule has 6 heteroatoms. The predicted molar refractivity (Wildman–Crippen MR) is 90.3 cm³/mol. The smallest absolute Gasteiger partial charge is 0.327 e. The van der Waals surface area contributed by atoms with Gasteiger partial charge in [-0.1, -0.05) is 36.4 Å². The zero-order valence-electron chi connectivity index (χ0n) is 13.5. The maximum atomic E-state index is 12.4. The number of carbonyl (C=O) groups excluding carboxylic acids is 1. The first-order valence-corrected chi connectivity index (χ1v) is 7.64. The minimum absolute atomic E-state index is 0.210. The number of hydrogen-bond donors (Lipinski definition) is 4. The van der Waals surface area contributed by atoms with Crippen molar-refractivity contribution in [3.8, 4) is 11.5 Å². The van der Waals surface area contributed by atoms with Gasteiger partial charge in [-0.25, -0.2) is 10.2 Å². The highest BCUT2D eigenvalue weighted by Crippen LogP contribution is 2.27. The first kappa shape index (κ1) is 17.8. The van der Waals surface area contributed by atoms with E-state index in [1.807, 2.05) is 30.3 Å². The molecular formula is C18H22N2O4. The third-order valence-electron chi connectivity index (χ3n) is 3.83. The second kappa shape index (κ2) is 7.81. The molecule has 0 aliphatic heterocycles. The number of rotatable bonds is 7. The molecule has 1 atom stereocenters. The third kappa shape index (κ3) is 4.47. The van der Waals surface area contributed by atoms with E-state index in [1.165, 1.54) is 12.1 Å². The minimum atomic E-state index is -1.14. The first-order valence-electron chi connectivity index (χ1n) is 7.64. The van der Waals surface area contributed by atoms with Gasteiger partial charge in [0.25, 0.3) is 0 Å². The summed E-state index contributed by atoms with van der Waals surface area (Å²) in [6.45, 7) is 1.88. The standard InChI is InChI=1S/C18H22N2O4/c1-18(20-19,12-14-7-8-15(21)16(22)11-14)17(23)24-10-9-13-5-3-2-4-6-13/h2-8,11,20-22H,9-10,12,19H2,1H3/t18-/m0/s1. The van der Waals surface area contributed by atoms with Crippen LogP contribution in [0.4, 0.5) is 0 Å². The molecule has 24 heavy (non-hydrogen) atoms. The van der Waals surface area contributed by atoms with Crippen molar-refractivity contribution in [2.45, 2.75) is 25.3 Å². The van der Waals surface area contributed by atoms with Gasteiger partial charge in [0.1, 0.15) is 5.54 Å². The maximum absolute atomic E-state index is 12.4. The van der Waals surface area contributed by atoms with Crippen molar-refractivity contribution in [3.05, 3.63) is 59.7 Å². The lowest BCUT2D eigenvalue weighted by Crippen LogP contribution is -2.55. The summed E-state index contributed by atoms with van der Waals surface area (Å²) < 4.78 is 5.33. The van der Waals surface area contributed by atoms with Gasteiger partial charge in [-0.2, -0.15) is 0 Å². The predicted octanol–water partition coefficient (Wildman–Crippen LogP) is 1.65. The average molecular weight is 330 g/mol. The number of benzene rings is 2. The van der Waals surface area contributed by atoms with Crippen LogP contribution in [0.1, 0.15) is 18.1 Å². The molecule has 0 saturated carbocycles. The van der Waals surface area contributed by atoms with Crippen molar-refractivity contribution in [1.29, 1.82) is 0 Å². The zero-order chi connectivity index (χ0) is 17.6. The molecule has 0 aromatic heterocycles. The van der Waals surface area contributed by atoms with Gasteiger partial charge in [0.15, 0.2) is 11.5 Å². The summed E-state index contributed by atoms with van der Waals surface area (Å²) in [6, 6.07) is 14.1. The third-order valence-corrected chi connectivity index (χ3v) is 3.83. The molecule has 0 saturated heterocycles. The van der Waals surface area contributed by atoms with E-state index < -0.39 is 11.5 Å². The van der Waals surface area contributed by atoms with Crippen LogP contribution >= 0.6 is 0 Å². The number of phenolic OH excluding ortho intramolecular Hbond substituents is 2.